The molecule has 0 amide bonds. The molecule has 4 nitrogen and oxygen atoms in total. The number of benzene rings is 1. The SMILES string of the molecule is CCOC(=O)Cn1c(-c2cccnc2)c(C)c2ccccc21. The minimum absolute atomic E-state index is 0.201. The molecular formula is C18H18N2O2. The normalized spacial score (nSPS) is 10.8. The minimum Gasteiger partial charge on any atom is -0.465 e. The van der Waals surface area contributed by atoms with E-state index >= 15 is 0 Å². The van der Waals surface area contributed by atoms with Crippen LogP contribution in [0.25, 0.3) is 22.2 Å². The van der Waals surface area contributed by atoms with Gasteiger partial charge in [0.2, 0.25) is 0 Å². The van der Waals surface area contributed by atoms with Crippen LogP contribution in [0.15, 0.2) is 48.8 Å². The first-order valence-corrected chi connectivity index (χ1v) is 7.36. The third-order valence-corrected chi connectivity index (χ3v) is 3.75. The maximum absolute atomic E-state index is 12.0. The molecule has 0 bridgehead atoms. The highest BCUT2D eigenvalue weighted by atomic mass is 16.5. The third kappa shape index (κ3) is 2.48. The zero-order chi connectivity index (χ0) is 15.5. The van der Waals surface area contributed by atoms with E-state index in [9.17, 15) is 4.79 Å². The molecule has 0 spiro atoms. The molecule has 0 aliphatic heterocycles. The molecule has 112 valence electrons. The molecule has 3 aromatic rings. The summed E-state index contributed by atoms with van der Waals surface area (Å²) in [5.41, 5.74) is 4.20. The van der Waals surface area contributed by atoms with E-state index in [0.717, 1.165) is 27.7 Å². The maximum atomic E-state index is 12.0. The molecule has 0 radical (unpaired) electrons. The van der Waals surface area contributed by atoms with Gasteiger partial charge in [0.15, 0.2) is 0 Å². The number of ether oxygens (including phenoxy) is 1. The van der Waals surface area contributed by atoms with E-state index in [2.05, 4.69) is 18.0 Å². The molecular weight excluding hydrogens is 276 g/mol. The average molecular weight is 294 g/mol. The van der Waals surface area contributed by atoms with Gasteiger partial charge in [0.05, 0.1) is 12.3 Å². The largest absolute Gasteiger partial charge is 0.465 e. The lowest BCUT2D eigenvalue weighted by atomic mass is 10.1. The number of carbonyl (C=O) groups excluding carboxylic acids is 1. The van der Waals surface area contributed by atoms with Crippen molar-refractivity contribution in [1.29, 1.82) is 0 Å². The van der Waals surface area contributed by atoms with Crippen LogP contribution in [0.1, 0.15) is 12.5 Å². The number of pyridine rings is 1. The van der Waals surface area contributed by atoms with Crippen molar-refractivity contribution in [3.05, 3.63) is 54.4 Å². The number of hydrogen-bond donors (Lipinski definition) is 0. The van der Waals surface area contributed by atoms with Crippen LogP contribution in [0.5, 0.6) is 0 Å². The van der Waals surface area contributed by atoms with Crippen molar-refractivity contribution in [3.63, 3.8) is 0 Å². The number of carbonyl (C=O) groups is 1. The quantitative estimate of drug-likeness (QED) is 0.691. The minimum atomic E-state index is -0.228. The second-order valence-corrected chi connectivity index (χ2v) is 5.12. The molecule has 22 heavy (non-hydrogen) atoms. The van der Waals surface area contributed by atoms with E-state index in [4.69, 9.17) is 4.74 Å². The molecule has 0 aliphatic carbocycles. The van der Waals surface area contributed by atoms with Gasteiger partial charge in [0.25, 0.3) is 0 Å². The first-order valence-electron chi connectivity index (χ1n) is 7.36. The van der Waals surface area contributed by atoms with E-state index in [1.807, 2.05) is 48.0 Å². The molecule has 0 fully saturated rings. The Bertz CT molecular complexity index is 807. The van der Waals surface area contributed by atoms with Gasteiger partial charge in [-0.15, -0.1) is 0 Å². The lowest BCUT2D eigenvalue weighted by Gasteiger charge is -2.11. The number of esters is 1. The first kappa shape index (κ1) is 14.3. The molecule has 0 atom stereocenters. The summed E-state index contributed by atoms with van der Waals surface area (Å²) in [6.07, 6.45) is 3.57. The van der Waals surface area contributed by atoms with Crippen molar-refractivity contribution in [2.75, 3.05) is 6.61 Å². The van der Waals surface area contributed by atoms with Crippen LogP contribution < -0.4 is 0 Å². The van der Waals surface area contributed by atoms with Gasteiger partial charge in [-0.25, -0.2) is 0 Å². The molecule has 0 N–H and O–H groups in total. The van der Waals surface area contributed by atoms with E-state index in [-0.39, 0.29) is 12.5 Å². The van der Waals surface area contributed by atoms with E-state index < -0.39 is 0 Å². The smallest absolute Gasteiger partial charge is 0.325 e. The molecule has 0 unspecified atom stereocenters. The van der Waals surface area contributed by atoms with Gasteiger partial charge in [-0.05, 0) is 37.6 Å². The Morgan fingerprint density at radius 3 is 2.77 bits per heavy atom. The second-order valence-electron chi connectivity index (χ2n) is 5.12. The van der Waals surface area contributed by atoms with Crippen molar-refractivity contribution in [2.45, 2.75) is 20.4 Å². The average Bonchev–Trinajstić information content (AvgIpc) is 2.81. The van der Waals surface area contributed by atoms with Crippen LogP contribution in [0.2, 0.25) is 0 Å². The van der Waals surface area contributed by atoms with Crippen molar-refractivity contribution in [2.24, 2.45) is 0 Å². The van der Waals surface area contributed by atoms with E-state index in [1.165, 1.54) is 0 Å². The van der Waals surface area contributed by atoms with Crippen LogP contribution in [-0.4, -0.2) is 22.1 Å². The van der Waals surface area contributed by atoms with Gasteiger partial charge in [0, 0.05) is 28.9 Å². The highest BCUT2D eigenvalue weighted by Crippen LogP contribution is 2.32. The lowest BCUT2D eigenvalue weighted by molar-refractivity contribution is -0.143. The predicted molar refractivity (Wildman–Crippen MR) is 86.5 cm³/mol. The van der Waals surface area contributed by atoms with Gasteiger partial charge in [-0.3, -0.25) is 9.78 Å². The Morgan fingerprint density at radius 1 is 1.23 bits per heavy atom. The van der Waals surface area contributed by atoms with Crippen molar-refractivity contribution < 1.29 is 9.53 Å². The molecule has 0 aliphatic rings. The summed E-state index contributed by atoms with van der Waals surface area (Å²) in [6.45, 7) is 4.48. The Hall–Kier alpha value is -2.62. The van der Waals surface area contributed by atoms with Gasteiger partial charge >= 0.3 is 5.97 Å². The fourth-order valence-corrected chi connectivity index (χ4v) is 2.85. The summed E-state index contributed by atoms with van der Waals surface area (Å²) in [7, 11) is 0. The van der Waals surface area contributed by atoms with Crippen LogP contribution in [0.4, 0.5) is 0 Å². The van der Waals surface area contributed by atoms with E-state index in [0.29, 0.717) is 6.61 Å². The molecule has 3 rings (SSSR count). The van der Waals surface area contributed by atoms with Gasteiger partial charge in [-0.1, -0.05) is 18.2 Å². The number of aryl methyl sites for hydroxylation is 1. The Labute approximate surface area is 129 Å². The van der Waals surface area contributed by atoms with Crippen molar-refractivity contribution in [1.82, 2.24) is 9.55 Å². The fraction of sp³-hybridized carbons (Fsp3) is 0.222. The second kappa shape index (κ2) is 6.02. The zero-order valence-electron chi connectivity index (χ0n) is 12.7. The van der Waals surface area contributed by atoms with Gasteiger partial charge < -0.3 is 9.30 Å². The number of fused-ring (bicyclic) bond motifs is 1. The summed E-state index contributed by atoms with van der Waals surface area (Å²) in [6, 6.07) is 12.0. The third-order valence-electron chi connectivity index (χ3n) is 3.75. The molecule has 2 heterocycles. The number of rotatable bonds is 4. The predicted octanol–water partition coefficient (Wildman–Crippen LogP) is 3.57. The van der Waals surface area contributed by atoms with Crippen LogP contribution in [0, 0.1) is 6.92 Å². The number of nitrogens with zero attached hydrogens (tertiary/aromatic N) is 2. The standard InChI is InChI=1S/C18H18N2O2/c1-3-22-17(21)12-20-16-9-5-4-8-15(16)13(2)18(20)14-7-6-10-19-11-14/h4-11H,3,12H2,1-2H3. The number of aromatic nitrogens is 2. The summed E-state index contributed by atoms with van der Waals surface area (Å²) in [4.78, 5) is 16.2. The molecule has 1 aromatic carbocycles. The summed E-state index contributed by atoms with van der Waals surface area (Å²) >= 11 is 0. The highest BCUT2D eigenvalue weighted by molar-refractivity contribution is 5.92. The first-order chi connectivity index (χ1) is 10.7. The zero-order valence-corrected chi connectivity index (χ0v) is 12.7. The Balaban J connectivity index is 2.21. The molecule has 0 saturated heterocycles. The lowest BCUT2D eigenvalue weighted by Crippen LogP contribution is -2.14. The van der Waals surface area contributed by atoms with Crippen LogP contribution >= 0.6 is 0 Å². The summed E-state index contributed by atoms with van der Waals surface area (Å²) in [5, 5.41) is 1.14. The number of hydrogen-bond acceptors (Lipinski definition) is 3. The number of para-hydroxylation sites is 1. The monoisotopic (exact) mass is 294 g/mol. The highest BCUT2D eigenvalue weighted by Gasteiger charge is 2.17. The Kier molecular flexibility index (Phi) is 3.92. The van der Waals surface area contributed by atoms with Gasteiger partial charge in [0.1, 0.15) is 6.54 Å². The van der Waals surface area contributed by atoms with Gasteiger partial charge in [-0.2, -0.15) is 0 Å². The van der Waals surface area contributed by atoms with Crippen molar-refractivity contribution in [3.8, 4) is 11.3 Å². The molecule has 2 aromatic heterocycles. The van der Waals surface area contributed by atoms with Crippen LogP contribution in [0.3, 0.4) is 0 Å². The summed E-state index contributed by atoms with van der Waals surface area (Å²) < 4.78 is 7.13. The van der Waals surface area contributed by atoms with Crippen LogP contribution in [-0.2, 0) is 16.1 Å². The Morgan fingerprint density at radius 2 is 2.05 bits per heavy atom. The van der Waals surface area contributed by atoms with E-state index in [1.54, 1.807) is 6.20 Å². The maximum Gasteiger partial charge on any atom is 0.325 e. The topological polar surface area (TPSA) is 44.1 Å². The molecule has 4 heteroatoms. The molecule has 0 saturated carbocycles. The van der Waals surface area contributed by atoms with Crippen molar-refractivity contribution >= 4 is 16.9 Å². The fourth-order valence-electron chi connectivity index (χ4n) is 2.85. The summed E-state index contributed by atoms with van der Waals surface area (Å²) in [5.74, 6) is -0.228.